The third-order valence-electron chi connectivity index (χ3n) is 2.41. The fraction of sp³-hybridized carbons (Fsp3) is 0.909. The van der Waals surface area contributed by atoms with Crippen molar-refractivity contribution in [3.8, 4) is 0 Å². The molecule has 0 aromatic rings. The second-order valence-corrected chi connectivity index (χ2v) is 5.83. The van der Waals surface area contributed by atoms with Crippen LogP contribution in [0.1, 0.15) is 27.7 Å². The van der Waals surface area contributed by atoms with Gasteiger partial charge in [-0.3, -0.25) is 4.79 Å². The van der Waals surface area contributed by atoms with Crippen molar-refractivity contribution in [1.29, 1.82) is 0 Å². The first-order valence-corrected chi connectivity index (χ1v) is 6.47. The van der Waals surface area contributed by atoms with Crippen LogP contribution in [0.15, 0.2) is 0 Å². The number of amides is 1. The van der Waals surface area contributed by atoms with Gasteiger partial charge in [0.05, 0.1) is 11.4 Å². The minimum Gasteiger partial charge on any atom is -0.352 e. The maximum Gasteiger partial charge on any atom is 0.234 e. The van der Waals surface area contributed by atoms with Crippen molar-refractivity contribution in [2.24, 2.45) is 5.92 Å². The van der Waals surface area contributed by atoms with Crippen molar-refractivity contribution in [3.63, 3.8) is 0 Å². The summed E-state index contributed by atoms with van der Waals surface area (Å²) in [4.78, 5) is 11.5. The highest BCUT2D eigenvalue weighted by atomic mass is 79.9. The Kier molecular flexibility index (Phi) is 4.76. The van der Waals surface area contributed by atoms with Gasteiger partial charge < -0.3 is 14.8 Å². The molecular weight excluding hydrogens is 274 g/mol. The first-order valence-electron chi connectivity index (χ1n) is 5.55. The Morgan fingerprint density at radius 3 is 2.62 bits per heavy atom. The summed E-state index contributed by atoms with van der Waals surface area (Å²) in [7, 11) is 0. The van der Waals surface area contributed by atoms with Gasteiger partial charge in [-0.1, -0.05) is 29.8 Å². The van der Waals surface area contributed by atoms with Gasteiger partial charge in [0.1, 0.15) is 6.10 Å². The summed E-state index contributed by atoms with van der Waals surface area (Å²) in [6.45, 7) is 8.76. The predicted octanol–water partition coefficient (Wildman–Crippen LogP) is 1.67. The SMILES string of the molecule is CC(C)C(Br)C(=O)NCC1COC(C)(C)O1. The van der Waals surface area contributed by atoms with Crippen molar-refractivity contribution >= 4 is 21.8 Å². The highest BCUT2D eigenvalue weighted by Crippen LogP contribution is 2.21. The minimum absolute atomic E-state index is 0.00306. The van der Waals surface area contributed by atoms with Crippen molar-refractivity contribution in [3.05, 3.63) is 0 Å². The average Bonchev–Trinajstić information content (AvgIpc) is 2.53. The van der Waals surface area contributed by atoms with Gasteiger partial charge in [0.25, 0.3) is 0 Å². The molecule has 1 fully saturated rings. The molecule has 1 aliphatic heterocycles. The van der Waals surface area contributed by atoms with Crippen LogP contribution in [0.25, 0.3) is 0 Å². The van der Waals surface area contributed by atoms with E-state index in [1.165, 1.54) is 0 Å². The molecule has 94 valence electrons. The number of rotatable bonds is 4. The quantitative estimate of drug-likeness (QED) is 0.802. The topological polar surface area (TPSA) is 47.6 Å². The first-order chi connectivity index (χ1) is 7.32. The number of alkyl halides is 1. The first kappa shape index (κ1) is 13.9. The number of nitrogens with one attached hydrogen (secondary N) is 1. The maximum absolute atomic E-state index is 11.6. The average molecular weight is 294 g/mol. The number of hydrogen-bond donors (Lipinski definition) is 1. The van der Waals surface area contributed by atoms with Gasteiger partial charge in [-0.2, -0.15) is 0 Å². The normalized spacial score (nSPS) is 25.8. The molecule has 2 atom stereocenters. The van der Waals surface area contributed by atoms with Crippen LogP contribution >= 0.6 is 15.9 Å². The summed E-state index contributed by atoms with van der Waals surface area (Å²) < 4.78 is 11.0. The largest absolute Gasteiger partial charge is 0.352 e. The Hall–Kier alpha value is -0.130. The lowest BCUT2D eigenvalue weighted by molar-refractivity contribution is -0.139. The van der Waals surface area contributed by atoms with Gasteiger partial charge in [-0.15, -0.1) is 0 Å². The Morgan fingerprint density at radius 1 is 1.56 bits per heavy atom. The molecule has 1 saturated heterocycles. The molecular formula is C11H20BrNO3. The zero-order valence-electron chi connectivity index (χ0n) is 10.2. The monoisotopic (exact) mass is 293 g/mol. The Bertz CT molecular complexity index is 256. The minimum atomic E-state index is -0.527. The smallest absolute Gasteiger partial charge is 0.234 e. The second-order valence-electron chi connectivity index (χ2n) is 4.84. The Morgan fingerprint density at radius 2 is 2.19 bits per heavy atom. The lowest BCUT2D eigenvalue weighted by Crippen LogP contribution is -2.39. The maximum atomic E-state index is 11.6. The zero-order chi connectivity index (χ0) is 12.3. The van der Waals surface area contributed by atoms with Gasteiger partial charge in [-0.25, -0.2) is 0 Å². The third kappa shape index (κ3) is 4.03. The van der Waals surface area contributed by atoms with Crippen molar-refractivity contribution in [2.45, 2.75) is 44.4 Å². The molecule has 0 spiro atoms. The second kappa shape index (κ2) is 5.47. The molecule has 5 heteroatoms. The van der Waals surface area contributed by atoms with E-state index in [0.717, 1.165) is 0 Å². The van der Waals surface area contributed by atoms with E-state index in [9.17, 15) is 4.79 Å². The number of halogens is 1. The predicted molar refractivity (Wildman–Crippen MR) is 65.5 cm³/mol. The van der Waals surface area contributed by atoms with E-state index in [2.05, 4.69) is 21.2 Å². The van der Waals surface area contributed by atoms with Crippen LogP contribution in [-0.4, -0.2) is 35.8 Å². The highest BCUT2D eigenvalue weighted by molar-refractivity contribution is 9.10. The molecule has 0 aromatic heterocycles. The van der Waals surface area contributed by atoms with E-state index in [1.807, 2.05) is 27.7 Å². The van der Waals surface area contributed by atoms with Crippen LogP contribution < -0.4 is 5.32 Å². The lowest BCUT2D eigenvalue weighted by atomic mass is 10.1. The lowest BCUT2D eigenvalue weighted by Gasteiger charge is -2.18. The summed E-state index contributed by atoms with van der Waals surface area (Å²) in [6.07, 6.45) is -0.0502. The van der Waals surface area contributed by atoms with E-state index in [4.69, 9.17) is 9.47 Å². The van der Waals surface area contributed by atoms with Gasteiger partial charge in [0, 0.05) is 6.54 Å². The molecule has 1 N–H and O–H groups in total. The summed E-state index contributed by atoms with van der Waals surface area (Å²) in [5, 5.41) is 2.85. The fourth-order valence-electron chi connectivity index (χ4n) is 1.48. The third-order valence-corrected chi connectivity index (χ3v) is 3.88. The molecule has 16 heavy (non-hydrogen) atoms. The van der Waals surface area contributed by atoms with E-state index in [-0.39, 0.29) is 22.8 Å². The van der Waals surface area contributed by atoms with Crippen LogP contribution in [0.3, 0.4) is 0 Å². The molecule has 0 saturated carbocycles. The number of ether oxygens (including phenoxy) is 2. The summed E-state index contributed by atoms with van der Waals surface area (Å²) >= 11 is 3.36. The number of hydrogen-bond acceptors (Lipinski definition) is 3. The molecule has 0 aromatic carbocycles. The van der Waals surface area contributed by atoms with E-state index >= 15 is 0 Å². The summed E-state index contributed by atoms with van der Waals surface area (Å²) in [6, 6.07) is 0. The highest BCUT2D eigenvalue weighted by Gasteiger charge is 2.33. The van der Waals surface area contributed by atoms with E-state index in [0.29, 0.717) is 13.2 Å². The van der Waals surface area contributed by atoms with Gasteiger partial charge in [0.15, 0.2) is 5.79 Å². The van der Waals surface area contributed by atoms with Crippen molar-refractivity contribution in [2.75, 3.05) is 13.2 Å². The van der Waals surface area contributed by atoms with Gasteiger partial charge >= 0.3 is 0 Å². The fourth-order valence-corrected chi connectivity index (χ4v) is 1.64. The number of carbonyl (C=O) groups excluding carboxylic acids is 1. The van der Waals surface area contributed by atoms with Crippen molar-refractivity contribution < 1.29 is 14.3 Å². The molecule has 1 amide bonds. The van der Waals surface area contributed by atoms with Crippen LogP contribution in [0.4, 0.5) is 0 Å². The van der Waals surface area contributed by atoms with Crippen LogP contribution in [0.5, 0.6) is 0 Å². The van der Waals surface area contributed by atoms with Gasteiger partial charge in [0.2, 0.25) is 5.91 Å². The van der Waals surface area contributed by atoms with Crippen LogP contribution in [-0.2, 0) is 14.3 Å². The standard InChI is InChI=1S/C11H20BrNO3/c1-7(2)9(12)10(14)13-5-8-6-15-11(3,4)16-8/h7-9H,5-6H2,1-4H3,(H,13,14). The number of carbonyl (C=O) groups is 1. The molecule has 0 aliphatic carbocycles. The molecule has 0 radical (unpaired) electrons. The molecule has 2 unspecified atom stereocenters. The van der Waals surface area contributed by atoms with Crippen LogP contribution in [0, 0.1) is 5.92 Å². The molecule has 0 bridgehead atoms. The Labute approximate surface area is 105 Å². The molecule has 4 nitrogen and oxygen atoms in total. The Balaban J connectivity index is 2.28. The van der Waals surface area contributed by atoms with E-state index < -0.39 is 5.79 Å². The summed E-state index contributed by atoms with van der Waals surface area (Å²) in [5.74, 6) is -0.248. The molecule has 1 aliphatic rings. The van der Waals surface area contributed by atoms with Gasteiger partial charge in [-0.05, 0) is 19.8 Å². The molecule has 1 heterocycles. The molecule has 1 rings (SSSR count). The zero-order valence-corrected chi connectivity index (χ0v) is 11.8. The van der Waals surface area contributed by atoms with Crippen LogP contribution in [0.2, 0.25) is 0 Å². The van der Waals surface area contributed by atoms with Crippen molar-refractivity contribution in [1.82, 2.24) is 5.32 Å². The van der Waals surface area contributed by atoms with E-state index in [1.54, 1.807) is 0 Å². The summed E-state index contributed by atoms with van der Waals surface area (Å²) in [5.41, 5.74) is 0.